The maximum Gasteiger partial charge on any atom is 0.313 e. The number of ether oxygens (including phenoxy) is 1. The largest absolute Gasteiger partial charge is 0.458 e. The van der Waals surface area contributed by atoms with Crippen LogP contribution in [0.1, 0.15) is 56.9 Å². The first-order valence-electron chi connectivity index (χ1n) is 9.20. The van der Waals surface area contributed by atoms with Gasteiger partial charge in [-0.1, -0.05) is 24.7 Å². The third-order valence-corrected chi connectivity index (χ3v) is 6.30. The zero-order chi connectivity index (χ0) is 18.0. The Labute approximate surface area is 157 Å². The minimum absolute atomic E-state index is 0.00935. The summed E-state index contributed by atoms with van der Waals surface area (Å²) in [6, 6.07) is 6.04. The van der Waals surface area contributed by atoms with Crippen molar-refractivity contribution in [2.45, 2.75) is 57.0 Å². The summed E-state index contributed by atoms with van der Waals surface area (Å²) < 4.78 is 6.95. The highest BCUT2D eigenvalue weighted by atomic mass is 32.1. The van der Waals surface area contributed by atoms with Crippen molar-refractivity contribution in [3.8, 4) is 11.8 Å². The van der Waals surface area contributed by atoms with Gasteiger partial charge in [0.2, 0.25) is 0 Å². The van der Waals surface area contributed by atoms with Crippen LogP contribution in [0.25, 0.3) is 10.2 Å². The summed E-state index contributed by atoms with van der Waals surface area (Å²) >= 11 is 1.62. The molecule has 1 aromatic heterocycles. The second-order valence-electron chi connectivity index (χ2n) is 7.25. The summed E-state index contributed by atoms with van der Waals surface area (Å²) in [4.78, 5) is 28.3. The summed E-state index contributed by atoms with van der Waals surface area (Å²) in [5.74, 6) is 6.33. The second kappa shape index (κ2) is 7.20. The van der Waals surface area contributed by atoms with Crippen LogP contribution in [-0.4, -0.2) is 22.3 Å². The molecule has 1 aliphatic carbocycles. The number of fused-ring (bicyclic) bond motifs is 1. The highest BCUT2D eigenvalue weighted by Gasteiger charge is 2.47. The number of benzene rings is 1. The molecule has 5 heteroatoms. The quantitative estimate of drug-likeness (QED) is 0.462. The van der Waals surface area contributed by atoms with E-state index in [0.29, 0.717) is 25.2 Å². The first-order valence-corrected chi connectivity index (χ1v) is 10.1. The summed E-state index contributed by atoms with van der Waals surface area (Å²) in [5, 5.41) is 0. The molecule has 0 bridgehead atoms. The van der Waals surface area contributed by atoms with E-state index in [2.05, 4.69) is 16.8 Å². The molecule has 4 nitrogen and oxygen atoms in total. The van der Waals surface area contributed by atoms with E-state index in [-0.39, 0.29) is 18.2 Å². The fourth-order valence-electron chi connectivity index (χ4n) is 4.25. The van der Waals surface area contributed by atoms with E-state index in [9.17, 15) is 9.59 Å². The molecule has 0 spiro atoms. The van der Waals surface area contributed by atoms with Gasteiger partial charge < -0.3 is 4.74 Å². The van der Waals surface area contributed by atoms with Gasteiger partial charge in [0.1, 0.15) is 17.8 Å². The van der Waals surface area contributed by atoms with Crippen LogP contribution < -0.4 is 0 Å². The summed E-state index contributed by atoms with van der Waals surface area (Å²) in [5.41, 5.74) is 3.11. The summed E-state index contributed by atoms with van der Waals surface area (Å²) in [7, 11) is 0. The predicted octanol–water partition coefficient (Wildman–Crippen LogP) is 4.26. The average Bonchev–Trinajstić information content (AvgIpc) is 3.29. The number of thiazole rings is 1. The molecular weight excluding hydrogens is 346 g/mol. The topological polar surface area (TPSA) is 56.3 Å². The minimum Gasteiger partial charge on any atom is -0.458 e. The van der Waals surface area contributed by atoms with E-state index in [1.807, 2.05) is 23.7 Å². The molecule has 1 atom stereocenters. The van der Waals surface area contributed by atoms with E-state index in [0.717, 1.165) is 41.5 Å². The number of carbonyl (C=O) groups excluding carboxylic acids is 2. The molecule has 2 aromatic rings. The average molecular weight is 367 g/mol. The second-order valence-corrected chi connectivity index (χ2v) is 8.14. The number of ketones is 1. The van der Waals surface area contributed by atoms with Crippen molar-refractivity contribution in [3.05, 3.63) is 29.3 Å². The molecule has 0 N–H and O–H groups in total. The number of aromatic nitrogens is 1. The Morgan fingerprint density at radius 2 is 2.12 bits per heavy atom. The number of Topliss-reactive ketones (excluding diaryl/α,β-unsaturated/α-hetero) is 1. The molecule has 1 aliphatic heterocycles. The van der Waals surface area contributed by atoms with Gasteiger partial charge in [-0.3, -0.25) is 9.59 Å². The SMILES string of the molecule is O=C1CC(=O)OC(CCC#Cc2ccc3scnc3c2)(C2CCCC2)C1. The summed E-state index contributed by atoms with van der Waals surface area (Å²) in [6.45, 7) is 0. The predicted molar refractivity (Wildman–Crippen MR) is 101 cm³/mol. The van der Waals surface area contributed by atoms with Crippen molar-refractivity contribution >= 4 is 33.3 Å². The Kier molecular flexibility index (Phi) is 4.78. The lowest BCUT2D eigenvalue weighted by Gasteiger charge is -2.40. The van der Waals surface area contributed by atoms with Crippen LogP contribution in [0.15, 0.2) is 23.7 Å². The van der Waals surface area contributed by atoms with E-state index in [1.165, 1.54) is 0 Å². The number of hydrogen-bond donors (Lipinski definition) is 0. The van der Waals surface area contributed by atoms with Crippen molar-refractivity contribution in [1.82, 2.24) is 4.98 Å². The van der Waals surface area contributed by atoms with Crippen LogP contribution in [0.4, 0.5) is 0 Å². The summed E-state index contributed by atoms with van der Waals surface area (Å²) in [6.07, 6.45) is 5.91. The van der Waals surface area contributed by atoms with E-state index in [4.69, 9.17) is 4.74 Å². The van der Waals surface area contributed by atoms with Crippen LogP contribution in [0.3, 0.4) is 0 Å². The van der Waals surface area contributed by atoms with Crippen molar-refractivity contribution in [1.29, 1.82) is 0 Å². The number of cyclic esters (lactones) is 1. The molecule has 4 rings (SSSR count). The highest BCUT2D eigenvalue weighted by Crippen LogP contribution is 2.43. The van der Waals surface area contributed by atoms with Gasteiger partial charge in [0.25, 0.3) is 0 Å². The van der Waals surface area contributed by atoms with Gasteiger partial charge in [-0.05, 0) is 43.4 Å². The molecule has 1 saturated heterocycles. The molecular formula is C21H21NO3S. The Morgan fingerprint density at radius 3 is 2.92 bits per heavy atom. The molecule has 0 amide bonds. The first-order chi connectivity index (χ1) is 12.6. The van der Waals surface area contributed by atoms with Crippen LogP contribution in [0, 0.1) is 17.8 Å². The van der Waals surface area contributed by atoms with Crippen LogP contribution in [-0.2, 0) is 14.3 Å². The number of esters is 1. The lowest BCUT2D eigenvalue weighted by molar-refractivity contribution is -0.178. The monoisotopic (exact) mass is 367 g/mol. The van der Waals surface area contributed by atoms with Gasteiger partial charge in [-0.25, -0.2) is 4.98 Å². The lowest BCUT2D eigenvalue weighted by atomic mass is 9.76. The van der Waals surface area contributed by atoms with Gasteiger partial charge in [-0.2, -0.15) is 0 Å². The maximum atomic E-state index is 12.1. The lowest BCUT2D eigenvalue weighted by Crippen LogP contribution is -2.47. The van der Waals surface area contributed by atoms with Crippen LogP contribution in [0.2, 0.25) is 0 Å². The molecule has 26 heavy (non-hydrogen) atoms. The Balaban J connectivity index is 1.48. The van der Waals surface area contributed by atoms with Gasteiger partial charge in [0.15, 0.2) is 0 Å². The zero-order valence-corrected chi connectivity index (χ0v) is 15.4. The molecule has 1 aromatic carbocycles. The smallest absolute Gasteiger partial charge is 0.313 e. The minimum atomic E-state index is -0.629. The molecule has 134 valence electrons. The molecule has 1 unspecified atom stereocenters. The Hall–Kier alpha value is -2.19. The van der Waals surface area contributed by atoms with Gasteiger partial charge >= 0.3 is 5.97 Å². The van der Waals surface area contributed by atoms with Gasteiger partial charge in [0.05, 0.1) is 15.7 Å². The number of carbonyl (C=O) groups is 2. The van der Waals surface area contributed by atoms with Crippen molar-refractivity contribution < 1.29 is 14.3 Å². The molecule has 2 fully saturated rings. The number of hydrogen-bond acceptors (Lipinski definition) is 5. The third kappa shape index (κ3) is 3.52. The Morgan fingerprint density at radius 1 is 1.27 bits per heavy atom. The fourth-order valence-corrected chi connectivity index (χ4v) is 4.91. The van der Waals surface area contributed by atoms with E-state index >= 15 is 0 Å². The molecule has 1 saturated carbocycles. The number of rotatable bonds is 3. The molecule has 2 heterocycles. The third-order valence-electron chi connectivity index (χ3n) is 5.49. The van der Waals surface area contributed by atoms with Crippen molar-refractivity contribution in [3.63, 3.8) is 0 Å². The van der Waals surface area contributed by atoms with Crippen LogP contribution >= 0.6 is 11.3 Å². The first kappa shape index (κ1) is 17.2. The van der Waals surface area contributed by atoms with Crippen LogP contribution in [0.5, 0.6) is 0 Å². The van der Waals surface area contributed by atoms with Crippen molar-refractivity contribution in [2.75, 3.05) is 0 Å². The maximum absolute atomic E-state index is 12.1. The molecule has 2 aliphatic rings. The van der Waals surface area contributed by atoms with E-state index in [1.54, 1.807) is 11.3 Å². The fraction of sp³-hybridized carbons (Fsp3) is 0.476. The van der Waals surface area contributed by atoms with Gasteiger partial charge in [0, 0.05) is 18.4 Å². The highest BCUT2D eigenvalue weighted by molar-refractivity contribution is 7.16. The van der Waals surface area contributed by atoms with E-state index < -0.39 is 5.60 Å². The zero-order valence-electron chi connectivity index (χ0n) is 14.6. The van der Waals surface area contributed by atoms with Gasteiger partial charge in [-0.15, -0.1) is 11.3 Å². The van der Waals surface area contributed by atoms with Crippen molar-refractivity contribution in [2.24, 2.45) is 5.92 Å². The normalized spacial score (nSPS) is 23.7. The standard InChI is InChI=1S/C21H21NO3S/c23-17-12-20(24)25-21(13-17,16-6-1-2-7-16)10-4-3-5-15-8-9-19-18(11-15)22-14-26-19/h8-9,11,14,16H,1-2,4,6-7,10,12-13H2. The Bertz CT molecular complexity index is 883. The number of nitrogens with zero attached hydrogens (tertiary/aromatic N) is 1. The molecule has 0 radical (unpaired) electrons.